The molecule has 6 nitrogen and oxygen atoms in total. The third kappa shape index (κ3) is 4.27. The SMILES string of the molecule is C/C=C/c1ccc2n(c1=O)C[C@H]1[C@H](CO)[C@@H](C(=O)N3CCC(Cc4ccccc4)CC3)N(CC)[C@@H]21. The van der Waals surface area contributed by atoms with Gasteiger partial charge in [-0.25, -0.2) is 0 Å². The van der Waals surface area contributed by atoms with Crippen molar-refractivity contribution in [1.29, 1.82) is 0 Å². The van der Waals surface area contributed by atoms with Crippen molar-refractivity contribution < 1.29 is 9.90 Å². The monoisotopic (exact) mass is 475 g/mol. The maximum atomic E-state index is 13.8. The Bertz CT molecular complexity index is 1130. The van der Waals surface area contributed by atoms with Crippen molar-refractivity contribution in [2.75, 3.05) is 26.2 Å². The molecule has 2 saturated heterocycles. The first-order valence-electron chi connectivity index (χ1n) is 13.1. The van der Waals surface area contributed by atoms with E-state index >= 15 is 0 Å². The van der Waals surface area contributed by atoms with Crippen molar-refractivity contribution >= 4 is 12.0 Å². The molecule has 0 bridgehead atoms. The second-order valence-electron chi connectivity index (χ2n) is 10.3. The number of aliphatic hydroxyl groups is 1. The van der Waals surface area contributed by atoms with Gasteiger partial charge in [-0.3, -0.25) is 14.5 Å². The second-order valence-corrected chi connectivity index (χ2v) is 10.3. The molecule has 5 rings (SSSR count). The Morgan fingerprint density at radius 3 is 2.51 bits per heavy atom. The Labute approximate surface area is 207 Å². The Morgan fingerprint density at radius 2 is 1.86 bits per heavy atom. The summed E-state index contributed by atoms with van der Waals surface area (Å²) in [5, 5.41) is 10.4. The molecular formula is C29H37N3O3. The molecule has 186 valence electrons. The molecule has 3 aliphatic heterocycles. The summed E-state index contributed by atoms with van der Waals surface area (Å²) in [6.45, 7) is 6.79. The van der Waals surface area contributed by atoms with Gasteiger partial charge < -0.3 is 14.6 Å². The molecule has 0 aliphatic carbocycles. The van der Waals surface area contributed by atoms with E-state index in [-0.39, 0.29) is 42.0 Å². The fraction of sp³-hybridized carbons (Fsp3) is 0.517. The number of carbonyl (C=O) groups excluding carboxylic acids is 1. The third-order valence-corrected chi connectivity index (χ3v) is 8.48. The highest BCUT2D eigenvalue weighted by Gasteiger charge is 2.55. The first-order valence-corrected chi connectivity index (χ1v) is 13.1. The van der Waals surface area contributed by atoms with Crippen LogP contribution in [0.3, 0.4) is 0 Å². The number of piperidine rings is 1. The topological polar surface area (TPSA) is 65.8 Å². The largest absolute Gasteiger partial charge is 0.396 e. The van der Waals surface area contributed by atoms with Gasteiger partial charge in [0.1, 0.15) is 0 Å². The fourth-order valence-electron chi connectivity index (χ4n) is 6.78. The molecule has 0 unspecified atom stereocenters. The van der Waals surface area contributed by atoms with Crippen LogP contribution in [0.4, 0.5) is 0 Å². The molecule has 1 aromatic carbocycles. The number of pyridine rings is 1. The molecule has 4 atom stereocenters. The fourth-order valence-corrected chi connectivity index (χ4v) is 6.78. The Balaban J connectivity index is 1.33. The summed E-state index contributed by atoms with van der Waals surface area (Å²) in [4.78, 5) is 31.2. The quantitative estimate of drug-likeness (QED) is 0.696. The summed E-state index contributed by atoms with van der Waals surface area (Å²) < 4.78 is 1.87. The van der Waals surface area contributed by atoms with Crippen LogP contribution in [0.5, 0.6) is 0 Å². The normalized spacial score (nSPS) is 26.9. The molecule has 1 N–H and O–H groups in total. The van der Waals surface area contributed by atoms with E-state index in [1.807, 2.05) is 40.7 Å². The standard InChI is InChI=1S/C29H37N3O3/c1-3-8-22-11-12-25-26-23(18-32(25)28(22)34)24(19-33)27(31(26)4-2)29(35)30-15-13-21(14-16-30)17-20-9-6-5-7-10-20/h3,5-12,21,23-24,26-27,33H,4,13-19H2,1-2H3/b8-3+/t23-,24-,26+,27-/m0/s1. The second kappa shape index (κ2) is 10.1. The summed E-state index contributed by atoms with van der Waals surface area (Å²) in [6.07, 6.45) is 6.83. The predicted molar refractivity (Wildman–Crippen MR) is 138 cm³/mol. The van der Waals surface area contributed by atoms with Crippen LogP contribution in [0.25, 0.3) is 6.08 Å². The lowest BCUT2D eigenvalue weighted by molar-refractivity contribution is -0.139. The van der Waals surface area contributed by atoms with Gasteiger partial charge in [0.2, 0.25) is 5.91 Å². The molecule has 2 fully saturated rings. The minimum Gasteiger partial charge on any atom is -0.396 e. The minimum atomic E-state index is -0.329. The highest BCUT2D eigenvalue weighted by atomic mass is 16.3. The maximum absolute atomic E-state index is 13.8. The summed E-state index contributed by atoms with van der Waals surface area (Å²) in [5.74, 6) is 0.653. The van der Waals surface area contributed by atoms with Crippen molar-refractivity contribution in [2.45, 2.75) is 51.7 Å². The van der Waals surface area contributed by atoms with E-state index in [0.717, 1.165) is 38.0 Å². The van der Waals surface area contributed by atoms with Crippen molar-refractivity contribution in [1.82, 2.24) is 14.4 Å². The van der Waals surface area contributed by atoms with Gasteiger partial charge >= 0.3 is 0 Å². The maximum Gasteiger partial charge on any atom is 0.258 e. The van der Waals surface area contributed by atoms with Crippen LogP contribution in [0.1, 0.15) is 49.6 Å². The molecule has 35 heavy (non-hydrogen) atoms. The Hall–Kier alpha value is -2.70. The number of allylic oxidation sites excluding steroid dienone is 1. The predicted octanol–water partition coefficient (Wildman–Crippen LogP) is 3.35. The molecule has 1 aromatic heterocycles. The lowest BCUT2D eigenvalue weighted by Crippen LogP contribution is -2.52. The number of hydrogen-bond donors (Lipinski definition) is 1. The average molecular weight is 476 g/mol. The summed E-state index contributed by atoms with van der Waals surface area (Å²) in [7, 11) is 0. The zero-order valence-corrected chi connectivity index (χ0v) is 20.8. The summed E-state index contributed by atoms with van der Waals surface area (Å²) >= 11 is 0. The van der Waals surface area contributed by atoms with Crippen molar-refractivity contribution in [3.05, 3.63) is 75.7 Å². The van der Waals surface area contributed by atoms with E-state index in [4.69, 9.17) is 0 Å². The third-order valence-electron chi connectivity index (χ3n) is 8.48. The molecule has 1 amide bonds. The smallest absolute Gasteiger partial charge is 0.258 e. The number of rotatable bonds is 6. The number of hydrogen-bond acceptors (Lipinski definition) is 4. The van der Waals surface area contributed by atoms with Crippen LogP contribution >= 0.6 is 0 Å². The number of likely N-dealkylation sites (N-methyl/N-ethyl adjacent to an activating group) is 1. The lowest BCUT2D eigenvalue weighted by Gasteiger charge is -2.37. The average Bonchev–Trinajstić information content (AvgIpc) is 3.41. The van der Waals surface area contributed by atoms with Gasteiger partial charge in [0.15, 0.2) is 0 Å². The van der Waals surface area contributed by atoms with Crippen molar-refractivity contribution in [2.24, 2.45) is 17.8 Å². The van der Waals surface area contributed by atoms with Crippen LogP contribution in [-0.4, -0.2) is 57.7 Å². The molecule has 2 aromatic rings. The van der Waals surface area contributed by atoms with Gasteiger partial charge in [-0.05, 0) is 56.3 Å². The molecule has 3 aliphatic rings. The number of fused-ring (bicyclic) bond motifs is 3. The number of carbonyl (C=O) groups is 1. The molecule has 0 spiro atoms. The zero-order valence-electron chi connectivity index (χ0n) is 20.8. The van der Waals surface area contributed by atoms with E-state index in [9.17, 15) is 14.7 Å². The molecular weight excluding hydrogens is 438 g/mol. The Kier molecular flexibility index (Phi) is 6.94. The summed E-state index contributed by atoms with van der Waals surface area (Å²) in [6, 6.07) is 14.2. The number of amides is 1. The molecule has 0 saturated carbocycles. The molecule has 6 heteroatoms. The highest BCUT2D eigenvalue weighted by Crippen LogP contribution is 2.49. The van der Waals surface area contributed by atoms with Crippen molar-refractivity contribution in [3.8, 4) is 0 Å². The van der Waals surface area contributed by atoms with Crippen LogP contribution in [-0.2, 0) is 17.8 Å². The number of likely N-dealkylation sites (tertiary alicyclic amines) is 2. The van der Waals surface area contributed by atoms with E-state index in [0.29, 0.717) is 24.6 Å². The van der Waals surface area contributed by atoms with Crippen LogP contribution in [0.15, 0.2) is 53.3 Å². The first kappa shape index (κ1) is 24.0. The number of benzene rings is 1. The Morgan fingerprint density at radius 1 is 1.11 bits per heavy atom. The lowest BCUT2D eigenvalue weighted by atomic mass is 9.86. The highest BCUT2D eigenvalue weighted by molar-refractivity contribution is 5.83. The summed E-state index contributed by atoms with van der Waals surface area (Å²) in [5.41, 5.74) is 3.05. The number of nitrogens with zero attached hydrogens (tertiary/aromatic N) is 3. The van der Waals surface area contributed by atoms with Crippen LogP contribution in [0, 0.1) is 17.8 Å². The van der Waals surface area contributed by atoms with Crippen molar-refractivity contribution in [3.63, 3.8) is 0 Å². The van der Waals surface area contributed by atoms with Gasteiger partial charge in [-0.2, -0.15) is 0 Å². The van der Waals surface area contributed by atoms with Gasteiger partial charge in [-0.15, -0.1) is 0 Å². The van der Waals surface area contributed by atoms with Gasteiger partial charge in [0.25, 0.3) is 5.56 Å². The van der Waals surface area contributed by atoms with E-state index in [2.05, 4.69) is 42.2 Å². The first-order chi connectivity index (χ1) is 17.1. The minimum absolute atomic E-state index is 0.00549. The van der Waals surface area contributed by atoms with Gasteiger partial charge in [0.05, 0.1) is 12.1 Å². The van der Waals surface area contributed by atoms with Crippen LogP contribution < -0.4 is 5.56 Å². The number of aromatic nitrogens is 1. The van der Waals surface area contributed by atoms with Crippen LogP contribution in [0.2, 0.25) is 0 Å². The van der Waals surface area contributed by atoms with Gasteiger partial charge in [-0.1, -0.05) is 49.4 Å². The molecule has 0 radical (unpaired) electrons. The van der Waals surface area contributed by atoms with E-state index < -0.39 is 0 Å². The van der Waals surface area contributed by atoms with E-state index in [1.165, 1.54) is 5.56 Å². The molecule has 4 heterocycles. The van der Waals surface area contributed by atoms with Gasteiger partial charge in [0, 0.05) is 49.3 Å². The zero-order chi connectivity index (χ0) is 24.5. The number of aliphatic hydroxyl groups excluding tert-OH is 1. The van der Waals surface area contributed by atoms with E-state index in [1.54, 1.807) is 0 Å².